The van der Waals surface area contributed by atoms with E-state index >= 15 is 0 Å². The van der Waals surface area contributed by atoms with Gasteiger partial charge in [-0.2, -0.15) is 0 Å². The van der Waals surface area contributed by atoms with Crippen LogP contribution in [0.1, 0.15) is 63.1 Å². The zero-order valence-corrected chi connectivity index (χ0v) is 18.7. The maximum atomic E-state index is 13.0. The Morgan fingerprint density at radius 3 is 2.50 bits per heavy atom. The number of hydrogen-bond acceptors (Lipinski definition) is 4. The SMILES string of the molecule is C=C1CCC(N2C(=O)c3ccc(CCC(=O)Cc4ccc(Cl)c(C)c4)cc3C2=O)C(=O)C1. The highest BCUT2D eigenvalue weighted by Crippen LogP contribution is 2.31. The standard InChI is InChI=1S/C26H24ClNO4/c1-15-3-10-23(24(30)11-15)28-25(31)20-8-5-17(14-21(20)26(28)32)4-7-19(29)13-18-6-9-22(27)16(2)12-18/h5-6,8-9,12,14,23H,1,3-4,7,10-11,13H2,2H3. The third-order valence-electron chi connectivity index (χ3n) is 6.18. The lowest BCUT2D eigenvalue weighted by Gasteiger charge is -2.29. The molecule has 1 aliphatic carbocycles. The van der Waals surface area contributed by atoms with E-state index in [2.05, 4.69) is 6.58 Å². The number of fused-ring (bicyclic) bond motifs is 1. The van der Waals surface area contributed by atoms with Crippen LogP contribution in [0.25, 0.3) is 0 Å². The Hall–Kier alpha value is -3.05. The highest BCUT2D eigenvalue weighted by molar-refractivity contribution is 6.31. The normalized spacial score (nSPS) is 18.3. The number of benzene rings is 2. The highest BCUT2D eigenvalue weighted by Gasteiger charge is 2.43. The van der Waals surface area contributed by atoms with Crippen molar-refractivity contribution >= 4 is 35.0 Å². The molecule has 1 aliphatic heterocycles. The molecule has 2 aromatic carbocycles. The summed E-state index contributed by atoms with van der Waals surface area (Å²) < 4.78 is 0. The average molecular weight is 450 g/mol. The Bertz CT molecular complexity index is 1170. The maximum absolute atomic E-state index is 13.0. The summed E-state index contributed by atoms with van der Waals surface area (Å²) in [6.07, 6.45) is 2.39. The number of carbonyl (C=O) groups excluding carboxylic acids is 4. The lowest BCUT2D eigenvalue weighted by Crippen LogP contribution is -2.46. The first-order valence-electron chi connectivity index (χ1n) is 10.7. The fraction of sp³-hybridized carbons (Fsp3) is 0.308. The number of amides is 2. The zero-order valence-electron chi connectivity index (χ0n) is 17.9. The van der Waals surface area contributed by atoms with Crippen molar-refractivity contribution in [2.75, 3.05) is 0 Å². The topological polar surface area (TPSA) is 71.5 Å². The molecule has 1 fully saturated rings. The van der Waals surface area contributed by atoms with Crippen molar-refractivity contribution in [2.24, 2.45) is 0 Å². The Balaban J connectivity index is 1.43. The summed E-state index contributed by atoms with van der Waals surface area (Å²) in [5.74, 6) is -0.902. The smallest absolute Gasteiger partial charge is 0.262 e. The zero-order chi connectivity index (χ0) is 23.0. The summed E-state index contributed by atoms with van der Waals surface area (Å²) in [4.78, 5) is 51.8. The molecule has 0 N–H and O–H groups in total. The molecular formula is C26H24ClNO4. The number of aryl methyl sites for hydroxylation is 2. The number of imide groups is 1. The number of halogens is 1. The van der Waals surface area contributed by atoms with Gasteiger partial charge in [0.1, 0.15) is 5.78 Å². The largest absolute Gasteiger partial charge is 0.299 e. The molecule has 32 heavy (non-hydrogen) atoms. The van der Waals surface area contributed by atoms with Crippen LogP contribution >= 0.6 is 11.6 Å². The van der Waals surface area contributed by atoms with E-state index in [4.69, 9.17) is 11.6 Å². The molecule has 0 saturated heterocycles. The van der Waals surface area contributed by atoms with Crippen LogP contribution in [0.15, 0.2) is 48.6 Å². The minimum Gasteiger partial charge on any atom is -0.299 e. The van der Waals surface area contributed by atoms with Gasteiger partial charge < -0.3 is 0 Å². The van der Waals surface area contributed by atoms with Crippen LogP contribution in [0, 0.1) is 6.92 Å². The molecule has 1 saturated carbocycles. The molecule has 6 heteroatoms. The molecule has 1 atom stereocenters. The third-order valence-corrected chi connectivity index (χ3v) is 6.60. The minimum absolute atomic E-state index is 0.0873. The van der Waals surface area contributed by atoms with E-state index in [1.165, 1.54) is 0 Å². The molecular weight excluding hydrogens is 426 g/mol. The van der Waals surface area contributed by atoms with Gasteiger partial charge in [0.05, 0.1) is 17.2 Å². The van der Waals surface area contributed by atoms with E-state index in [-0.39, 0.29) is 18.0 Å². The molecule has 2 amide bonds. The second-order valence-corrected chi connectivity index (χ2v) is 9.01. The fourth-order valence-electron chi connectivity index (χ4n) is 4.39. The van der Waals surface area contributed by atoms with Crippen LogP contribution < -0.4 is 0 Å². The molecule has 2 aliphatic rings. The van der Waals surface area contributed by atoms with Gasteiger partial charge in [-0.3, -0.25) is 24.1 Å². The predicted molar refractivity (Wildman–Crippen MR) is 122 cm³/mol. The van der Waals surface area contributed by atoms with Crippen molar-refractivity contribution in [2.45, 2.75) is 51.5 Å². The van der Waals surface area contributed by atoms with E-state index in [1.54, 1.807) is 24.3 Å². The predicted octanol–water partition coefficient (Wildman–Crippen LogP) is 4.67. The first kappa shape index (κ1) is 22.2. The first-order valence-corrected chi connectivity index (χ1v) is 11.1. The quantitative estimate of drug-likeness (QED) is 0.474. The summed E-state index contributed by atoms with van der Waals surface area (Å²) in [6, 6.07) is 9.92. The third kappa shape index (κ3) is 4.30. The molecule has 1 unspecified atom stereocenters. The van der Waals surface area contributed by atoms with E-state index in [0.29, 0.717) is 48.3 Å². The number of nitrogens with zero attached hydrogens (tertiary/aromatic N) is 1. The van der Waals surface area contributed by atoms with E-state index < -0.39 is 17.9 Å². The summed E-state index contributed by atoms with van der Waals surface area (Å²) >= 11 is 6.04. The van der Waals surface area contributed by atoms with Crippen LogP contribution in [-0.2, 0) is 22.4 Å². The van der Waals surface area contributed by atoms with Gasteiger partial charge in [0, 0.05) is 24.3 Å². The van der Waals surface area contributed by atoms with Crippen LogP contribution in [0.5, 0.6) is 0 Å². The van der Waals surface area contributed by atoms with Gasteiger partial charge in [0.15, 0.2) is 5.78 Å². The number of ketones is 2. The second kappa shape index (κ2) is 8.83. The molecule has 4 rings (SSSR count). The Morgan fingerprint density at radius 1 is 1.06 bits per heavy atom. The Labute approximate surface area is 192 Å². The van der Waals surface area contributed by atoms with Gasteiger partial charge in [0.25, 0.3) is 11.8 Å². The summed E-state index contributed by atoms with van der Waals surface area (Å²) in [6.45, 7) is 5.74. The van der Waals surface area contributed by atoms with E-state index in [9.17, 15) is 19.2 Å². The van der Waals surface area contributed by atoms with Gasteiger partial charge in [0.2, 0.25) is 0 Å². The molecule has 2 aromatic rings. The minimum atomic E-state index is -0.722. The van der Waals surface area contributed by atoms with Crippen molar-refractivity contribution in [3.63, 3.8) is 0 Å². The Morgan fingerprint density at radius 2 is 1.78 bits per heavy atom. The van der Waals surface area contributed by atoms with Crippen LogP contribution in [-0.4, -0.2) is 34.3 Å². The number of hydrogen-bond donors (Lipinski definition) is 0. The molecule has 0 aromatic heterocycles. The number of allylic oxidation sites excluding steroid dienone is 1. The van der Waals surface area contributed by atoms with Crippen molar-refractivity contribution in [1.29, 1.82) is 0 Å². The van der Waals surface area contributed by atoms with Crippen LogP contribution in [0.3, 0.4) is 0 Å². The lowest BCUT2D eigenvalue weighted by atomic mass is 9.89. The molecule has 0 bridgehead atoms. The van der Waals surface area contributed by atoms with Gasteiger partial charge >= 0.3 is 0 Å². The van der Waals surface area contributed by atoms with Gasteiger partial charge in [-0.15, -0.1) is 0 Å². The fourth-order valence-corrected chi connectivity index (χ4v) is 4.51. The highest BCUT2D eigenvalue weighted by atomic mass is 35.5. The molecule has 0 radical (unpaired) electrons. The van der Waals surface area contributed by atoms with E-state index in [0.717, 1.165) is 27.2 Å². The van der Waals surface area contributed by atoms with Crippen molar-refractivity contribution in [1.82, 2.24) is 4.90 Å². The monoisotopic (exact) mass is 449 g/mol. The van der Waals surface area contributed by atoms with Crippen molar-refractivity contribution in [3.8, 4) is 0 Å². The summed E-state index contributed by atoms with van der Waals surface area (Å²) in [7, 11) is 0. The van der Waals surface area contributed by atoms with Crippen LogP contribution in [0.4, 0.5) is 0 Å². The maximum Gasteiger partial charge on any atom is 0.262 e. The second-order valence-electron chi connectivity index (χ2n) is 8.61. The average Bonchev–Trinajstić information content (AvgIpc) is 2.99. The molecule has 5 nitrogen and oxygen atoms in total. The summed E-state index contributed by atoms with van der Waals surface area (Å²) in [5, 5.41) is 0.674. The molecule has 0 spiro atoms. The van der Waals surface area contributed by atoms with Gasteiger partial charge in [-0.25, -0.2) is 0 Å². The lowest BCUT2D eigenvalue weighted by molar-refractivity contribution is -0.123. The molecule has 1 heterocycles. The number of carbonyl (C=O) groups is 4. The number of rotatable bonds is 6. The van der Waals surface area contributed by atoms with Gasteiger partial charge in [-0.05, 0) is 61.1 Å². The van der Waals surface area contributed by atoms with Gasteiger partial charge in [-0.1, -0.05) is 42.0 Å². The Kier molecular flexibility index (Phi) is 6.11. The number of Topliss-reactive ketones (excluding diaryl/α,β-unsaturated/α-hetero) is 2. The van der Waals surface area contributed by atoms with Crippen molar-refractivity contribution in [3.05, 3.63) is 81.4 Å². The van der Waals surface area contributed by atoms with Crippen LogP contribution in [0.2, 0.25) is 5.02 Å². The van der Waals surface area contributed by atoms with E-state index in [1.807, 2.05) is 19.1 Å². The molecule has 164 valence electrons. The summed E-state index contributed by atoms with van der Waals surface area (Å²) in [5.41, 5.74) is 4.13. The first-order chi connectivity index (χ1) is 15.2. The van der Waals surface area contributed by atoms with Crippen molar-refractivity contribution < 1.29 is 19.2 Å².